The third kappa shape index (κ3) is 5.78. The van der Waals surface area contributed by atoms with Crippen LogP contribution < -0.4 is 4.74 Å². The molecule has 0 atom stereocenters. The third-order valence-corrected chi connectivity index (χ3v) is 5.82. The molecule has 0 fully saturated rings. The van der Waals surface area contributed by atoms with E-state index in [2.05, 4.69) is 37.9 Å². The van der Waals surface area contributed by atoms with Gasteiger partial charge < -0.3 is 4.74 Å². The average molecular weight is 573 g/mol. The van der Waals surface area contributed by atoms with Gasteiger partial charge in [0, 0.05) is 25.6 Å². The first-order chi connectivity index (χ1) is 13.9. The zero-order valence-electron chi connectivity index (χ0n) is 14.7. The quantitative estimate of drug-likeness (QED) is 0.226. The van der Waals surface area contributed by atoms with Crippen molar-refractivity contribution >= 4 is 78.3 Å². The summed E-state index contributed by atoms with van der Waals surface area (Å²) in [7, 11) is 0. The number of halogens is 5. The van der Waals surface area contributed by atoms with Gasteiger partial charge in [-0.25, -0.2) is 0 Å². The summed E-state index contributed by atoms with van der Waals surface area (Å²) in [6, 6.07) is 18.4. The van der Waals surface area contributed by atoms with Gasteiger partial charge in [0.1, 0.15) is 12.4 Å². The van der Waals surface area contributed by atoms with Crippen molar-refractivity contribution in [3.05, 3.63) is 95.3 Å². The molecule has 0 N–H and O–H groups in total. The number of nitriles is 1. The molecule has 0 saturated carbocycles. The van der Waals surface area contributed by atoms with Gasteiger partial charge in [0.05, 0.1) is 21.1 Å². The highest BCUT2D eigenvalue weighted by atomic mass is 79.9. The third-order valence-electron chi connectivity index (χ3n) is 3.98. The Labute approximate surface area is 200 Å². The fourth-order valence-corrected chi connectivity index (χ4v) is 4.62. The maximum Gasteiger partial charge on any atom is 0.141 e. The van der Waals surface area contributed by atoms with E-state index in [-0.39, 0.29) is 0 Å². The number of hydrogen-bond donors (Lipinski definition) is 0. The van der Waals surface area contributed by atoms with Crippen LogP contribution in [0, 0.1) is 11.3 Å². The van der Waals surface area contributed by atoms with Crippen LogP contribution in [0.15, 0.2) is 63.5 Å². The average Bonchev–Trinajstić information content (AvgIpc) is 2.67. The monoisotopic (exact) mass is 569 g/mol. The second-order valence-corrected chi connectivity index (χ2v) is 9.07. The molecular formula is C22H12Br2Cl3NO. The fourth-order valence-electron chi connectivity index (χ4n) is 2.61. The van der Waals surface area contributed by atoms with Crippen LogP contribution in [-0.4, -0.2) is 0 Å². The minimum Gasteiger partial charge on any atom is -0.487 e. The molecule has 0 spiro atoms. The first-order valence-electron chi connectivity index (χ1n) is 8.31. The smallest absolute Gasteiger partial charge is 0.141 e. The van der Waals surface area contributed by atoms with Crippen LogP contribution in [0.3, 0.4) is 0 Å². The molecule has 0 unspecified atom stereocenters. The van der Waals surface area contributed by atoms with Gasteiger partial charge >= 0.3 is 0 Å². The van der Waals surface area contributed by atoms with E-state index in [1.807, 2.05) is 36.4 Å². The Morgan fingerprint density at radius 3 is 2.31 bits per heavy atom. The van der Waals surface area contributed by atoms with Gasteiger partial charge in [-0.2, -0.15) is 5.26 Å². The molecule has 0 aliphatic rings. The molecule has 0 aliphatic heterocycles. The van der Waals surface area contributed by atoms with Crippen molar-refractivity contribution in [2.24, 2.45) is 0 Å². The number of allylic oxidation sites excluding steroid dienone is 1. The summed E-state index contributed by atoms with van der Waals surface area (Å²) in [5.41, 5.74) is 2.69. The zero-order valence-corrected chi connectivity index (χ0v) is 20.2. The molecule has 0 amide bonds. The van der Waals surface area contributed by atoms with Crippen molar-refractivity contribution in [3.8, 4) is 11.8 Å². The summed E-state index contributed by atoms with van der Waals surface area (Å²) >= 11 is 25.2. The van der Waals surface area contributed by atoms with Gasteiger partial charge in [-0.1, -0.05) is 68.9 Å². The van der Waals surface area contributed by atoms with Crippen LogP contribution >= 0.6 is 66.7 Å². The Morgan fingerprint density at radius 1 is 0.966 bits per heavy atom. The SMILES string of the molecule is N#C/C(=C\c1cc(Br)cc(Br)c1OCc1ccc(Cl)cc1)c1ccc(Cl)cc1Cl. The van der Waals surface area contributed by atoms with Crippen molar-refractivity contribution in [1.82, 2.24) is 0 Å². The van der Waals surface area contributed by atoms with Crippen molar-refractivity contribution in [3.63, 3.8) is 0 Å². The second-order valence-electron chi connectivity index (χ2n) is 6.02. The summed E-state index contributed by atoms with van der Waals surface area (Å²) in [5.74, 6) is 0.612. The molecule has 2 nitrogen and oxygen atoms in total. The summed E-state index contributed by atoms with van der Waals surface area (Å²) in [5, 5.41) is 11.3. The first kappa shape index (κ1) is 22.2. The van der Waals surface area contributed by atoms with Crippen molar-refractivity contribution in [1.29, 1.82) is 5.26 Å². The molecule has 3 rings (SSSR count). The Morgan fingerprint density at radius 2 is 1.66 bits per heavy atom. The standard InChI is InChI=1S/C22H12Br2Cl3NO/c23-16-8-14(7-15(11-28)19-6-5-18(26)10-21(19)27)22(20(24)9-16)29-12-13-1-3-17(25)4-2-13/h1-10H,12H2/b15-7+. The van der Waals surface area contributed by atoms with Gasteiger partial charge in [-0.15, -0.1) is 0 Å². The molecule has 0 radical (unpaired) electrons. The molecule has 0 bridgehead atoms. The van der Waals surface area contributed by atoms with Crippen LogP contribution in [0.4, 0.5) is 0 Å². The topological polar surface area (TPSA) is 33.0 Å². The maximum atomic E-state index is 9.71. The molecule has 3 aromatic rings. The summed E-state index contributed by atoms with van der Waals surface area (Å²) in [6.07, 6.45) is 1.74. The Balaban J connectivity index is 2.00. The largest absolute Gasteiger partial charge is 0.487 e. The molecule has 3 aromatic carbocycles. The second kappa shape index (κ2) is 10.0. The molecule has 146 valence electrons. The number of benzene rings is 3. The van der Waals surface area contributed by atoms with E-state index in [1.165, 1.54) is 0 Å². The highest BCUT2D eigenvalue weighted by Crippen LogP contribution is 2.37. The van der Waals surface area contributed by atoms with Gasteiger partial charge in [-0.3, -0.25) is 0 Å². The predicted octanol–water partition coefficient (Wildman–Crippen LogP) is 8.81. The van der Waals surface area contributed by atoms with Crippen molar-refractivity contribution < 1.29 is 4.74 Å². The minimum atomic E-state index is 0.349. The molecule has 0 aromatic heterocycles. The van der Waals surface area contributed by atoms with E-state index < -0.39 is 0 Å². The molecule has 0 heterocycles. The van der Waals surface area contributed by atoms with E-state index >= 15 is 0 Å². The Hall–Kier alpha value is -1.48. The van der Waals surface area contributed by atoms with E-state index in [9.17, 15) is 5.26 Å². The highest BCUT2D eigenvalue weighted by molar-refractivity contribution is 9.11. The van der Waals surface area contributed by atoms with E-state index in [1.54, 1.807) is 24.3 Å². The number of rotatable bonds is 5. The van der Waals surface area contributed by atoms with Gasteiger partial charge in [-0.05, 0) is 64.0 Å². The highest BCUT2D eigenvalue weighted by Gasteiger charge is 2.13. The zero-order chi connectivity index (χ0) is 21.0. The molecule has 0 aliphatic carbocycles. The molecule has 0 saturated heterocycles. The fraction of sp³-hybridized carbons (Fsp3) is 0.0455. The number of ether oxygens (including phenoxy) is 1. The normalized spacial score (nSPS) is 11.2. The Kier molecular flexibility index (Phi) is 7.67. The molecular weight excluding hydrogens is 560 g/mol. The van der Waals surface area contributed by atoms with Crippen LogP contribution in [-0.2, 0) is 6.61 Å². The Bertz CT molecular complexity index is 1120. The summed E-state index contributed by atoms with van der Waals surface area (Å²) in [6.45, 7) is 0.349. The van der Waals surface area contributed by atoms with Crippen LogP contribution in [0.25, 0.3) is 11.6 Å². The van der Waals surface area contributed by atoms with Crippen molar-refractivity contribution in [2.75, 3.05) is 0 Å². The lowest BCUT2D eigenvalue weighted by atomic mass is 10.0. The summed E-state index contributed by atoms with van der Waals surface area (Å²) < 4.78 is 7.66. The molecule has 7 heteroatoms. The lowest BCUT2D eigenvalue weighted by Crippen LogP contribution is -1.98. The van der Waals surface area contributed by atoms with Crippen molar-refractivity contribution in [2.45, 2.75) is 6.61 Å². The van der Waals surface area contributed by atoms with Crippen LogP contribution in [0.2, 0.25) is 15.1 Å². The summed E-state index contributed by atoms with van der Waals surface area (Å²) in [4.78, 5) is 0. The maximum absolute atomic E-state index is 9.71. The van der Waals surface area contributed by atoms with E-state index in [0.717, 1.165) is 20.1 Å². The van der Waals surface area contributed by atoms with Gasteiger partial charge in [0.15, 0.2) is 0 Å². The number of nitrogens with zero attached hydrogens (tertiary/aromatic N) is 1. The van der Waals surface area contributed by atoms with Gasteiger partial charge in [0.25, 0.3) is 0 Å². The van der Waals surface area contributed by atoms with Crippen LogP contribution in [0.1, 0.15) is 16.7 Å². The molecule has 29 heavy (non-hydrogen) atoms. The lowest BCUT2D eigenvalue weighted by molar-refractivity contribution is 0.303. The van der Waals surface area contributed by atoms with Crippen LogP contribution in [0.5, 0.6) is 5.75 Å². The predicted molar refractivity (Wildman–Crippen MR) is 128 cm³/mol. The lowest BCUT2D eigenvalue weighted by Gasteiger charge is -2.13. The minimum absolute atomic E-state index is 0.349. The van der Waals surface area contributed by atoms with Gasteiger partial charge in [0.2, 0.25) is 0 Å². The number of hydrogen-bond acceptors (Lipinski definition) is 2. The first-order valence-corrected chi connectivity index (χ1v) is 11.0. The van der Waals surface area contributed by atoms with E-state index in [0.29, 0.717) is 38.6 Å². The van der Waals surface area contributed by atoms with E-state index in [4.69, 9.17) is 39.5 Å².